The predicted molar refractivity (Wildman–Crippen MR) is 70.9 cm³/mol. The zero-order valence-corrected chi connectivity index (χ0v) is 11.3. The molecule has 0 aromatic heterocycles. The van der Waals surface area contributed by atoms with E-state index < -0.39 is 5.97 Å². The van der Waals surface area contributed by atoms with E-state index in [0.29, 0.717) is 26.1 Å². The number of nitrogens with one attached hydrogen (secondary N) is 1. The first-order valence-corrected chi connectivity index (χ1v) is 7.10. The van der Waals surface area contributed by atoms with Gasteiger partial charge in [0, 0.05) is 26.2 Å². The molecule has 0 aliphatic carbocycles. The van der Waals surface area contributed by atoms with E-state index in [2.05, 4.69) is 10.2 Å². The molecule has 0 aromatic rings. The van der Waals surface area contributed by atoms with Crippen LogP contribution in [0.3, 0.4) is 0 Å². The van der Waals surface area contributed by atoms with Crippen LogP contribution in [-0.4, -0.2) is 72.6 Å². The van der Waals surface area contributed by atoms with Crippen molar-refractivity contribution in [2.45, 2.75) is 19.3 Å². The molecular weight excluding hydrogens is 246 g/mol. The lowest BCUT2D eigenvalue weighted by Crippen LogP contribution is -2.47. The molecule has 1 unspecified atom stereocenters. The summed E-state index contributed by atoms with van der Waals surface area (Å²) in [5.41, 5.74) is 0. The Labute approximate surface area is 113 Å². The Hall–Kier alpha value is -1.14. The number of piperidine rings is 1. The van der Waals surface area contributed by atoms with Crippen LogP contribution in [0.5, 0.6) is 0 Å². The van der Waals surface area contributed by atoms with E-state index in [1.165, 1.54) is 0 Å². The van der Waals surface area contributed by atoms with E-state index in [9.17, 15) is 9.59 Å². The number of carbonyl (C=O) groups excluding carboxylic acids is 1. The highest BCUT2D eigenvalue weighted by Gasteiger charge is 2.28. The van der Waals surface area contributed by atoms with Crippen LogP contribution >= 0.6 is 0 Å². The molecule has 0 saturated carbocycles. The van der Waals surface area contributed by atoms with Gasteiger partial charge in [0.25, 0.3) is 0 Å². The molecular formula is C13H23N3O3. The van der Waals surface area contributed by atoms with Gasteiger partial charge < -0.3 is 15.3 Å². The minimum Gasteiger partial charge on any atom is -0.481 e. The van der Waals surface area contributed by atoms with E-state index in [1.54, 1.807) is 4.90 Å². The lowest BCUT2D eigenvalue weighted by Gasteiger charge is -2.32. The molecule has 0 bridgehead atoms. The number of aliphatic carboxylic acids is 1. The molecule has 6 heteroatoms. The van der Waals surface area contributed by atoms with Crippen molar-refractivity contribution < 1.29 is 14.7 Å². The lowest BCUT2D eigenvalue weighted by atomic mass is 9.98. The molecule has 2 fully saturated rings. The molecule has 2 N–H and O–H groups in total. The Morgan fingerprint density at radius 3 is 2.79 bits per heavy atom. The second-order valence-electron chi connectivity index (χ2n) is 5.40. The van der Waals surface area contributed by atoms with E-state index in [4.69, 9.17) is 5.11 Å². The molecule has 2 aliphatic heterocycles. The van der Waals surface area contributed by atoms with Crippen LogP contribution < -0.4 is 5.32 Å². The SMILES string of the molecule is O=C(O)C1CCCN(C(=O)CN2CCCNCC2)C1. The van der Waals surface area contributed by atoms with Crippen molar-refractivity contribution >= 4 is 11.9 Å². The first-order valence-electron chi connectivity index (χ1n) is 7.10. The van der Waals surface area contributed by atoms with Crippen molar-refractivity contribution in [3.05, 3.63) is 0 Å². The number of nitrogens with zero attached hydrogens (tertiary/aromatic N) is 2. The molecule has 1 atom stereocenters. The zero-order valence-electron chi connectivity index (χ0n) is 11.3. The van der Waals surface area contributed by atoms with Crippen LogP contribution in [0.15, 0.2) is 0 Å². The van der Waals surface area contributed by atoms with Crippen molar-refractivity contribution in [3.8, 4) is 0 Å². The molecule has 6 nitrogen and oxygen atoms in total. The van der Waals surface area contributed by atoms with Crippen LogP contribution in [0.1, 0.15) is 19.3 Å². The highest BCUT2D eigenvalue weighted by atomic mass is 16.4. The van der Waals surface area contributed by atoms with Crippen molar-refractivity contribution in [2.24, 2.45) is 5.92 Å². The fraction of sp³-hybridized carbons (Fsp3) is 0.846. The number of carboxylic acid groups (broad SMARTS) is 1. The minimum atomic E-state index is -0.781. The van der Waals surface area contributed by atoms with E-state index in [-0.39, 0.29) is 11.8 Å². The summed E-state index contributed by atoms with van der Waals surface area (Å²) >= 11 is 0. The molecule has 0 radical (unpaired) electrons. The molecule has 0 spiro atoms. The average molecular weight is 269 g/mol. The van der Waals surface area contributed by atoms with Gasteiger partial charge in [-0.3, -0.25) is 14.5 Å². The predicted octanol–water partition coefficient (Wildman–Crippen LogP) is -0.395. The third kappa shape index (κ3) is 4.18. The summed E-state index contributed by atoms with van der Waals surface area (Å²) in [5.74, 6) is -1.09. The Kier molecular flexibility index (Phi) is 5.15. The van der Waals surface area contributed by atoms with E-state index in [0.717, 1.165) is 39.0 Å². The summed E-state index contributed by atoms with van der Waals surface area (Å²) in [6.07, 6.45) is 2.54. The van der Waals surface area contributed by atoms with Gasteiger partial charge in [-0.05, 0) is 32.4 Å². The standard InChI is InChI=1S/C13H23N3O3/c17-12(10-15-6-2-4-14-5-8-15)16-7-1-3-11(9-16)13(18)19/h11,14H,1-10H2,(H,18,19). The van der Waals surface area contributed by atoms with Gasteiger partial charge in [-0.1, -0.05) is 0 Å². The molecule has 108 valence electrons. The van der Waals surface area contributed by atoms with Crippen LogP contribution in [0.4, 0.5) is 0 Å². The normalized spacial score (nSPS) is 25.9. The number of amides is 1. The smallest absolute Gasteiger partial charge is 0.308 e. The molecule has 2 aliphatic rings. The highest BCUT2D eigenvalue weighted by Crippen LogP contribution is 2.16. The van der Waals surface area contributed by atoms with Crippen LogP contribution in [0.2, 0.25) is 0 Å². The maximum Gasteiger partial charge on any atom is 0.308 e. The Bertz CT molecular complexity index is 327. The Morgan fingerprint density at radius 1 is 1.16 bits per heavy atom. The van der Waals surface area contributed by atoms with Crippen molar-refractivity contribution in [1.29, 1.82) is 0 Å². The summed E-state index contributed by atoms with van der Waals surface area (Å²) in [6, 6.07) is 0. The van der Waals surface area contributed by atoms with Gasteiger partial charge in [0.05, 0.1) is 12.5 Å². The van der Waals surface area contributed by atoms with Gasteiger partial charge in [0.2, 0.25) is 5.91 Å². The number of hydrogen-bond acceptors (Lipinski definition) is 4. The number of likely N-dealkylation sites (tertiary alicyclic amines) is 1. The van der Waals surface area contributed by atoms with E-state index in [1.807, 2.05) is 0 Å². The molecule has 2 heterocycles. The fourth-order valence-corrected chi connectivity index (χ4v) is 2.76. The van der Waals surface area contributed by atoms with Gasteiger partial charge in [0.1, 0.15) is 0 Å². The third-order valence-corrected chi connectivity index (χ3v) is 3.91. The van der Waals surface area contributed by atoms with Crippen LogP contribution in [0.25, 0.3) is 0 Å². The molecule has 2 saturated heterocycles. The molecule has 2 rings (SSSR count). The first-order chi connectivity index (χ1) is 9.16. The topological polar surface area (TPSA) is 72.9 Å². The number of rotatable bonds is 3. The fourth-order valence-electron chi connectivity index (χ4n) is 2.76. The van der Waals surface area contributed by atoms with Crippen molar-refractivity contribution in [2.75, 3.05) is 45.8 Å². The Morgan fingerprint density at radius 2 is 2.00 bits per heavy atom. The van der Waals surface area contributed by atoms with E-state index >= 15 is 0 Å². The maximum absolute atomic E-state index is 12.2. The summed E-state index contributed by atoms with van der Waals surface area (Å²) in [7, 11) is 0. The monoisotopic (exact) mass is 269 g/mol. The van der Waals surface area contributed by atoms with Gasteiger partial charge >= 0.3 is 5.97 Å². The summed E-state index contributed by atoms with van der Waals surface area (Å²) in [6.45, 7) is 5.26. The second-order valence-corrected chi connectivity index (χ2v) is 5.40. The molecule has 19 heavy (non-hydrogen) atoms. The molecule has 0 aromatic carbocycles. The number of carboxylic acids is 1. The van der Waals surface area contributed by atoms with Gasteiger partial charge in [-0.15, -0.1) is 0 Å². The van der Waals surface area contributed by atoms with Crippen LogP contribution in [-0.2, 0) is 9.59 Å². The largest absolute Gasteiger partial charge is 0.481 e. The quantitative estimate of drug-likeness (QED) is 0.730. The van der Waals surface area contributed by atoms with Gasteiger partial charge in [-0.2, -0.15) is 0 Å². The summed E-state index contributed by atoms with van der Waals surface area (Å²) < 4.78 is 0. The average Bonchev–Trinajstić information content (AvgIpc) is 2.67. The maximum atomic E-state index is 12.2. The first kappa shape index (κ1) is 14.3. The summed E-state index contributed by atoms with van der Waals surface area (Å²) in [4.78, 5) is 27.1. The second kappa shape index (κ2) is 6.86. The van der Waals surface area contributed by atoms with Gasteiger partial charge in [-0.25, -0.2) is 0 Å². The zero-order chi connectivity index (χ0) is 13.7. The van der Waals surface area contributed by atoms with Crippen molar-refractivity contribution in [3.63, 3.8) is 0 Å². The number of carbonyl (C=O) groups is 2. The van der Waals surface area contributed by atoms with Crippen LogP contribution in [0, 0.1) is 5.92 Å². The third-order valence-electron chi connectivity index (χ3n) is 3.91. The summed E-state index contributed by atoms with van der Waals surface area (Å²) in [5, 5.41) is 12.3. The Balaban J connectivity index is 1.83. The van der Waals surface area contributed by atoms with Gasteiger partial charge in [0.15, 0.2) is 0 Å². The number of hydrogen-bond donors (Lipinski definition) is 2. The van der Waals surface area contributed by atoms with Crippen molar-refractivity contribution in [1.82, 2.24) is 15.1 Å². The lowest BCUT2D eigenvalue weighted by molar-refractivity contribution is -0.145. The minimum absolute atomic E-state index is 0.0767. The highest BCUT2D eigenvalue weighted by molar-refractivity contribution is 5.79. The molecule has 1 amide bonds.